The van der Waals surface area contributed by atoms with Crippen molar-refractivity contribution in [1.29, 1.82) is 0 Å². The lowest BCUT2D eigenvalue weighted by Crippen LogP contribution is -2.38. The number of anilines is 1. The molecule has 5 heteroatoms. The standard InChI is InChI=1S/C13H18N2O2.ClH/c16-13(14-12-4-2-1-3-5-12)6-7-15-8-10-17-11-9-15;/h1-5H,6-11H2,(H,14,16);1H. The number of carbonyl (C=O) groups is 1. The Hall–Kier alpha value is -1.10. The van der Waals surface area contributed by atoms with Crippen molar-refractivity contribution in [3.05, 3.63) is 30.3 Å². The van der Waals surface area contributed by atoms with Crippen molar-refractivity contribution >= 4 is 24.0 Å². The highest BCUT2D eigenvalue weighted by Crippen LogP contribution is 2.06. The highest BCUT2D eigenvalue weighted by Gasteiger charge is 2.11. The van der Waals surface area contributed by atoms with Crippen LogP contribution in [0.5, 0.6) is 0 Å². The van der Waals surface area contributed by atoms with Crippen LogP contribution in [0.1, 0.15) is 6.42 Å². The van der Waals surface area contributed by atoms with Gasteiger partial charge < -0.3 is 10.1 Å². The third-order valence-electron chi connectivity index (χ3n) is 2.82. The first-order chi connectivity index (χ1) is 8.34. The van der Waals surface area contributed by atoms with Crippen LogP contribution in [0.25, 0.3) is 0 Å². The van der Waals surface area contributed by atoms with Crippen LogP contribution in [0.2, 0.25) is 0 Å². The molecule has 0 aromatic heterocycles. The Kier molecular flexibility index (Phi) is 6.72. The summed E-state index contributed by atoms with van der Waals surface area (Å²) in [5, 5.41) is 2.88. The van der Waals surface area contributed by atoms with E-state index in [4.69, 9.17) is 4.74 Å². The second-order valence-corrected chi connectivity index (χ2v) is 4.12. The lowest BCUT2D eigenvalue weighted by atomic mass is 10.3. The van der Waals surface area contributed by atoms with Crippen LogP contribution in [0.15, 0.2) is 30.3 Å². The summed E-state index contributed by atoms with van der Waals surface area (Å²) in [4.78, 5) is 13.9. The van der Waals surface area contributed by atoms with E-state index < -0.39 is 0 Å². The van der Waals surface area contributed by atoms with E-state index in [1.54, 1.807) is 0 Å². The molecule has 0 saturated carbocycles. The van der Waals surface area contributed by atoms with Gasteiger partial charge in [0.05, 0.1) is 13.2 Å². The third-order valence-corrected chi connectivity index (χ3v) is 2.82. The zero-order chi connectivity index (χ0) is 11.9. The van der Waals surface area contributed by atoms with Gasteiger partial charge in [0.1, 0.15) is 0 Å². The topological polar surface area (TPSA) is 41.6 Å². The van der Waals surface area contributed by atoms with E-state index >= 15 is 0 Å². The third kappa shape index (κ3) is 5.04. The number of para-hydroxylation sites is 1. The minimum Gasteiger partial charge on any atom is -0.379 e. The number of rotatable bonds is 4. The molecule has 0 spiro atoms. The van der Waals surface area contributed by atoms with E-state index in [0.717, 1.165) is 38.5 Å². The second-order valence-electron chi connectivity index (χ2n) is 4.12. The van der Waals surface area contributed by atoms with Gasteiger partial charge in [-0.2, -0.15) is 0 Å². The van der Waals surface area contributed by atoms with Crippen molar-refractivity contribution in [3.8, 4) is 0 Å². The summed E-state index contributed by atoms with van der Waals surface area (Å²) in [5.74, 6) is 0.0719. The van der Waals surface area contributed by atoms with Crippen LogP contribution in [-0.4, -0.2) is 43.7 Å². The number of hydrogen-bond acceptors (Lipinski definition) is 3. The van der Waals surface area contributed by atoms with Gasteiger partial charge in [-0.25, -0.2) is 0 Å². The molecule has 1 aromatic rings. The molecule has 0 aliphatic carbocycles. The lowest BCUT2D eigenvalue weighted by molar-refractivity contribution is -0.116. The molecule has 0 unspecified atom stereocenters. The molecule has 0 atom stereocenters. The van der Waals surface area contributed by atoms with E-state index in [2.05, 4.69) is 10.2 Å². The van der Waals surface area contributed by atoms with Crippen molar-refractivity contribution in [3.63, 3.8) is 0 Å². The molecule has 2 rings (SSSR count). The molecule has 18 heavy (non-hydrogen) atoms. The van der Waals surface area contributed by atoms with E-state index in [-0.39, 0.29) is 18.3 Å². The summed E-state index contributed by atoms with van der Waals surface area (Å²) in [6.07, 6.45) is 0.537. The maximum absolute atomic E-state index is 11.7. The predicted octanol–water partition coefficient (Wildman–Crippen LogP) is 1.77. The maximum atomic E-state index is 11.7. The largest absolute Gasteiger partial charge is 0.379 e. The minimum atomic E-state index is 0. The summed E-state index contributed by atoms with van der Waals surface area (Å²) in [6, 6.07) is 9.55. The zero-order valence-corrected chi connectivity index (χ0v) is 11.1. The van der Waals surface area contributed by atoms with Crippen LogP contribution >= 0.6 is 12.4 Å². The molecule has 1 amide bonds. The number of carbonyl (C=O) groups excluding carboxylic acids is 1. The number of morpholine rings is 1. The van der Waals surface area contributed by atoms with Crippen molar-refractivity contribution in [2.75, 3.05) is 38.2 Å². The van der Waals surface area contributed by atoms with Crippen LogP contribution in [0.4, 0.5) is 5.69 Å². The van der Waals surface area contributed by atoms with Gasteiger partial charge in [0.15, 0.2) is 0 Å². The summed E-state index contributed by atoms with van der Waals surface area (Å²) < 4.78 is 5.26. The Morgan fingerprint density at radius 3 is 2.56 bits per heavy atom. The van der Waals surface area contributed by atoms with Gasteiger partial charge in [-0.3, -0.25) is 9.69 Å². The molecule has 1 saturated heterocycles. The summed E-state index contributed by atoms with van der Waals surface area (Å²) >= 11 is 0. The van der Waals surface area contributed by atoms with Gasteiger partial charge in [-0.05, 0) is 12.1 Å². The average molecular weight is 271 g/mol. The summed E-state index contributed by atoms with van der Waals surface area (Å²) in [7, 11) is 0. The first-order valence-electron chi connectivity index (χ1n) is 5.99. The number of benzene rings is 1. The van der Waals surface area contributed by atoms with Gasteiger partial charge in [0.25, 0.3) is 0 Å². The fourth-order valence-electron chi connectivity index (χ4n) is 1.83. The van der Waals surface area contributed by atoms with Crippen LogP contribution in [0.3, 0.4) is 0 Å². The quantitative estimate of drug-likeness (QED) is 0.907. The molecule has 1 heterocycles. The normalized spacial score (nSPS) is 15.8. The van der Waals surface area contributed by atoms with Gasteiger partial charge in [0.2, 0.25) is 5.91 Å². The Bertz CT molecular complexity index is 353. The number of halogens is 1. The number of nitrogens with one attached hydrogen (secondary N) is 1. The molecule has 1 aliphatic rings. The first kappa shape index (κ1) is 15.0. The Labute approximate surface area is 114 Å². The molecule has 1 aromatic carbocycles. The first-order valence-corrected chi connectivity index (χ1v) is 5.99. The van der Waals surface area contributed by atoms with Gasteiger partial charge in [0, 0.05) is 31.7 Å². The van der Waals surface area contributed by atoms with E-state index in [1.165, 1.54) is 0 Å². The maximum Gasteiger partial charge on any atom is 0.225 e. The Morgan fingerprint density at radius 1 is 1.22 bits per heavy atom. The van der Waals surface area contributed by atoms with Crippen LogP contribution < -0.4 is 5.32 Å². The van der Waals surface area contributed by atoms with Crippen molar-refractivity contribution < 1.29 is 9.53 Å². The fraction of sp³-hybridized carbons (Fsp3) is 0.462. The molecule has 0 bridgehead atoms. The zero-order valence-electron chi connectivity index (χ0n) is 10.3. The summed E-state index contributed by atoms with van der Waals surface area (Å²) in [5.41, 5.74) is 0.861. The number of ether oxygens (including phenoxy) is 1. The van der Waals surface area contributed by atoms with E-state index in [1.807, 2.05) is 30.3 Å². The molecular formula is C13H19ClN2O2. The predicted molar refractivity (Wildman–Crippen MR) is 74.2 cm³/mol. The fourth-order valence-corrected chi connectivity index (χ4v) is 1.83. The monoisotopic (exact) mass is 270 g/mol. The molecular weight excluding hydrogens is 252 g/mol. The molecule has 1 aliphatic heterocycles. The smallest absolute Gasteiger partial charge is 0.225 e. The number of hydrogen-bond donors (Lipinski definition) is 1. The second kappa shape index (κ2) is 8.08. The average Bonchev–Trinajstić information content (AvgIpc) is 2.39. The van der Waals surface area contributed by atoms with Gasteiger partial charge in [-0.15, -0.1) is 12.4 Å². The van der Waals surface area contributed by atoms with Crippen LogP contribution in [0, 0.1) is 0 Å². The number of amides is 1. The minimum absolute atomic E-state index is 0. The van der Waals surface area contributed by atoms with Gasteiger partial charge >= 0.3 is 0 Å². The molecule has 1 fully saturated rings. The molecule has 4 nitrogen and oxygen atoms in total. The highest BCUT2D eigenvalue weighted by molar-refractivity contribution is 5.90. The lowest BCUT2D eigenvalue weighted by Gasteiger charge is -2.26. The Morgan fingerprint density at radius 2 is 1.89 bits per heavy atom. The van der Waals surface area contributed by atoms with Gasteiger partial charge in [-0.1, -0.05) is 18.2 Å². The Balaban J connectivity index is 0.00000162. The molecule has 0 radical (unpaired) electrons. The van der Waals surface area contributed by atoms with E-state index in [0.29, 0.717) is 6.42 Å². The van der Waals surface area contributed by atoms with Crippen molar-refractivity contribution in [1.82, 2.24) is 4.90 Å². The highest BCUT2D eigenvalue weighted by atomic mass is 35.5. The van der Waals surface area contributed by atoms with E-state index in [9.17, 15) is 4.79 Å². The number of nitrogens with zero attached hydrogens (tertiary/aromatic N) is 1. The molecule has 100 valence electrons. The van der Waals surface area contributed by atoms with Crippen molar-refractivity contribution in [2.45, 2.75) is 6.42 Å². The SMILES string of the molecule is Cl.O=C(CCN1CCOCC1)Nc1ccccc1. The van der Waals surface area contributed by atoms with Crippen molar-refractivity contribution in [2.24, 2.45) is 0 Å². The molecule has 1 N–H and O–H groups in total. The van der Waals surface area contributed by atoms with Crippen LogP contribution in [-0.2, 0) is 9.53 Å². The summed E-state index contributed by atoms with van der Waals surface area (Å²) in [6.45, 7) is 4.22.